The van der Waals surface area contributed by atoms with E-state index in [1.54, 1.807) is 24.3 Å². The molecule has 168 valence electrons. The number of hydrogen-bond acceptors (Lipinski definition) is 5. The van der Waals surface area contributed by atoms with Crippen LogP contribution in [0.1, 0.15) is 54.6 Å². The summed E-state index contributed by atoms with van der Waals surface area (Å²) in [6.07, 6.45) is 4.92. The molecule has 0 saturated carbocycles. The minimum absolute atomic E-state index is 0.139. The van der Waals surface area contributed by atoms with Gasteiger partial charge in [-0.1, -0.05) is 19.9 Å². The van der Waals surface area contributed by atoms with Crippen LogP contribution < -0.4 is 19.7 Å². The van der Waals surface area contributed by atoms with Crippen molar-refractivity contribution in [2.24, 2.45) is 5.92 Å². The fourth-order valence-electron chi connectivity index (χ4n) is 3.45. The number of benzene rings is 2. The number of amides is 1. The normalized spacial score (nSPS) is 13.5. The molecule has 0 bridgehead atoms. The van der Waals surface area contributed by atoms with Gasteiger partial charge in [0.05, 0.1) is 18.6 Å². The zero-order valence-electron chi connectivity index (χ0n) is 18.2. The van der Waals surface area contributed by atoms with E-state index in [0.29, 0.717) is 24.0 Å². The fraction of sp³-hybridized carbons (Fsp3) is 0.435. The van der Waals surface area contributed by atoms with Gasteiger partial charge in [0.15, 0.2) is 11.5 Å². The molecule has 0 radical (unpaired) electrons. The Balaban J connectivity index is 1.65. The molecule has 0 unspecified atom stereocenters. The van der Waals surface area contributed by atoms with Crippen molar-refractivity contribution in [2.45, 2.75) is 50.8 Å². The van der Waals surface area contributed by atoms with Gasteiger partial charge < -0.3 is 9.47 Å². The maximum absolute atomic E-state index is 12.6. The number of sulfonamides is 1. The Kier molecular flexibility index (Phi) is 7.56. The average molecular weight is 447 g/mol. The molecule has 0 aliphatic heterocycles. The summed E-state index contributed by atoms with van der Waals surface area (Å²) in [5, 5.41) is 0. The van der Waals surface area contributed by atoms with Gasteiger partial charge in [-0.15, -0.1) is 4.83 Å². The maximum Gasteiger partial charge on any atom is 0.266 e. The monoisotopic (exact) mass is 446 g/mol. The summed E-state index contributed by atoms with van der Waals surface area (Å²) in [6.45, 7) is 4.76. The Labute approximate surface area is 184 Å². The van der Waals surface area contributed by atoms with E-state index in [9.17, 15) is 13.2 Å². The summed E-state index contributed by atoms with van der Waals surface area (Å²) in [7, 11) is -2.39. The second-order valence-electron chi connectivity index (χ2n) is 8.09. The molecule has 31 heavy (non-hydrogen) atoms. The second-order valence-corrected chi connectivity index (χ2v) is 9.78. The summed E-state index contributed by atoms with van der Waals surface area (Å²) in [5.74, 6) is 0.871. The number of methoxy groups -OCH3 is 1. The lowest BCUT2D eigenvalue weighted by Crippen LogP contribution is -2.41. The number of rotatable bonds is 9. The molecule has 0 aromatic heterocycles. The molecule has 0 atom stereocenters. The van der Waals surface area contributed by atoms with Crippen molar-refractivity contribution in [3.8, 4) is 11.5 Å². The summed E-state index contributed by atoms with van der Waals surface area (Å²) in [6, 6.07) is 9.85. The van der Waals surface area contributed by atoms with Crippen molar-refractivity contribution in [3.63, 3.8) is 0 Å². The molecule has 2 aromatic carbocycles. The third-order valence-corrected chi connectivity index (χ3v) is 6.55. The van der Waals surface area contributed by atoms with Crippen LogP contribution in [-0.2, 0) is 22.9 Å². The van der Waals surface area contributed by atoms with Crippen molar-refractivity contribution >= 4 is 15.9 Å². The quantitative estimate of drug-likeness (QED) is 0.574. The zero-order valence-corrected chi connectivity index (χ0v) is 19.1. The van der Waals surface area contributed by atoms with Crippen molar-refractivity contribution in [3.05, 3.63) is 53.1 Å². The Hall–Kier alpha value is -2.58. The number of carbonyl (C=O) groups excluding carboxylic acids is 1. The van der Waals surface area contributed by atoms with E-state index in [1.807, 2.05) is 6.07 Å². The van der Waals surface area contributed by atoms with Crippen LogP contribution in [0.2, 0.25) is 0 Å². The predicted octanol–water partition coefficient (Wildman–Crippen LogP) is 3.62. The van der Waals surface area contributed by atoms with Crippen LogP contribution in [0.3, 0.4) is 0 Å². The number of ether oxygens (including phenoxy) is 2. The van der Waals surface area contributed by atoms with Gasteiger partial charge in [0.1, 0.15) is 0 Å². The molecular weight excluding hydrogens is 416 g/mol. The first-order chi connectivity index (χ1) is 14.8. The number of nitrogens with one attached hydrogen (secondary N) is 2. The van der Waals surface area contributed by atoms with E-state index in [2.05, 4.69) is 24.1 Å². The van der Waals surface area contributed by atoms with E-state index in [-0.39, 0.29) is 10.5 Å². The summed E-state index contributed by atoms with van der Waals surface area (Å²) < 4.78 is 36.3. The van der Waals surface area contributed by atoms with Crippen molar-refractivity contribution < 1.29 is 22.7 Å². The third-order valence-electron chi connectivity index (χ3n) is 5.31. The molecule has 2 N–H and O–H groups in total. The molecule has 1 amide bonds. The highest BCUT2D eigenvalue weighted by molar-refractivity contribution is 7.89. The molecule has 3 rings (SSSR count). The lowest BCUT2D eigenvalue weighted by molar-refractivity contribution is 0.0944. The minimum atomic E-state index is -3.88. The standard InChI is InChI=1S/C23H30N2O5S/c1-16(2)12-13-30-21-11-9-19(15-22(21)29-3)23(26)24-25-31(27,28)20-10-8-17-6-4-5-7-18(17)14-20/h8-11,14-16,25H,4-7,12-13H2,1-3H3,(H,24,26). The Morgan fingerprint density at radius 2 is 1.77 bits per heavy atom. The van der Waals surface area contributed by atoms with Crippen LogP contribution >= 0.6 is 0 Å². The van der Waals surface area contributed by atoms with E-state index in [1.165, 1.54) is 18.7 Å². The minimum Gasteiger partial charge on any atom is -0.493 e. The molecule has 0 fully saturated rings. The van der Waals surface area contributed by atoms with Crippen LogP contribution in [0.15, 0.2) is 41.3 Å². The first kappa shape index (κ1) is 23.1. The summed E-state index contributed by atoms with van der Waals surface area (Å²) in [5.41, 5.74) is 4.77. The van der Waals surface area contributed by atoms with E-state index >= 15 is 0 Å². The number of hydrogen-bond donors (Lipinski definition) is 2. The van der Waals surface area contributed by atoms with Gasteiger partial charge in [0.2, 0.25) is 0 Å². The van der Waals surface area contributed by atoms with E-state index in [0.717, 1.165) is 37.7 Å². The molecular formula is C23H30N2O5S. The first-order valence-corrected chi connectivity index (χ1v) is 12.0. The van der Waals surface area contributed by atoms with Gasteiger partial charge in [0, 0.05) is 5.56 Å². The molecule has 0 spiro atoms. The lowest BCUT2D eigenvalue weighted by Gasteiger charge is -2.17. The van der Waals surface area contributed by atoms with E-state index in [4.69, 9.17) is 9.47 Å². The van der Waals surface area contributed by atoms with Gasteiger partial charge >= 0.3 is 0 Å². The SMILES string of the molecule is COc1cc(C(=O)NNS(=O)(=O)c2ccc3c(c2)CCCC3)ccc1OCCC(C)C. The number of carbonyl (C=O) groups is 1. The van der Waals surface area contributed by atoms with Crippen LogP contribution in [0.25, 0.3) is 0 Å². The third kappa shape index (κ3) is 5.98. The second kappa shape index (κ2) is 10.2. The van der Waals surface area contributed by atoms with Gasteiger partial charge in [-0.3, -0.25) is 10.2 Å². The Morgan fingerprint density at radius 3 is 2.48 bits per heavy atom. The summed E-state index contributed by atoms with van der Waals surface area (Å²) >= 11 is 0. The first-order valence-electron chi connectivity index (χ1n) is 10.5. The predicted molar refractivity (Wildman–Crippen MR) is 119 cm³/mol. The van der Waals surface area contributed by atoms with E-state index < -0.39 is 15.9 Å². The van der Waals surface area contributed by atoms with Crippen molar-refractivity contribution in [2.75, 3.05) is 13.7 Å². The van der Waals surface area contributed by atoms with Gasteiger partial charge in [-0.25, -0.2) is 8.42 Å². The van der Waals surface area contributed by atoms with Crippen LogP contribution in [-0.4, -0.2) is 28.0 Å². The van der Waals surface area contributed by atoms with Crippen molar-refractivity contribution in [1.29, 1.82) is 0 Å². The molecule has 1 aliphatic rings. The molecule has 0 saturated heterocycles. The highest BCUT2D eigenvalue weighted by Crippen LogP contribution is 2.28. The molecule has 0 heterocycles. The van der Waals surface area contributed by atoms with Crippen molar-refractivity contribution in [1.82, 2.24) is 10.3 Å². The smallest absolute Gasteiger partial charge is 0.266 e. The highest BCUT2D eigenvalue weighted by atomic mass is 32.2. The van der Waals surface area contributed by atoms with Crippen LogP contribution in [0.4, 0.5) is 0 Å². The average Bonchev–Trinajstić information content (AvgIpc) is 2.77. The largest absolute Gasteiger partial charge is 0.493 e. The molecule has 7 nitrogen and oxygen atoms in total. The summed E-state index contributed by atoms with van der Waals surface area (Å²) in [4.78, 5) is 14.8. The molecule has 1 aliphatic carbocycles. The van der Waals surface area contributed by atoms with Gasteiger partial charge in [0.25, 0.3) is 15.9 Å². The molecule has 2 aromatic rings. The number of hydrazine groups is 1. The Bertz CT molecular complexity index is 1030. The fourth-order valence-corrected chi connectivity index (χ4v) is 4.34. The highest BCUT2D eigenvalue weighted by Gasteiger charge is 2.19. The Morgan fingerprint density at radius 1 is 1.03 bits per heavy atom. The van der Waals surface area contributed by atoms with Crippen LogP contribution in [0.5, 0.6) is 11.5 Å². The van der Waals surface area contributed by atoms with Gasteiger partial charge in [-0.05, 0) is 79.5 Å². The lowest BCUT2D eigenvalue weighted by atomic mass is 9.92. The topological polar surface area (TPSA) is 93.7 Å². The zero-order chi connectivity index (χ0) is 22.4. The van der Waals surface area contributed by atoms with Gasteiger partial charge in [-0.2, -0.15) is 0 Å². The number of fused-ring (bicyclic) bond motifs is 1. The molecule has 8 heteroatoms. The number of aryl methyl sites for hydroxylation is 2. The maximum atomic E-state index is 12.6. The van der Waals surface area contributed by atoms with Crippen LogP contribution in [0, 0.1) is 5.92 Å².